The largest absolute Gasteiger partial charge is 0.480 e. The average Bonchev–Trinajstić information content (AvgIpc) is 2.38. The Morgan fingerprint density at radius 2 is 1.94 bits per heavy atom. The normalized spacial score (nSPS) is 18.3. The third-order valence-electron chi connectivity index (χ3n) is 3.61. The lowest BCUT2D eigenvalue weighted by Crippen LogP contribution is -2.47. The van der Waals surface area contributed by atoms with Gasteiger partial charge in [0.2, 0.25) is 5.91 Å². The van der Waals surface area contributed by atoms with Gasteiger partial charge in [-0.1, -0.05) is 19.3 Å². The van der Waals surface area contributed by atoms with Crippen LogP contribution in [0.5, 0.6) is 0 Å². The summed E-state index contributed by atoms with van der Waals surface area (Å²) < 4.78 is 0. The third-order valence-corrected chi connectivity index (χ3v) is 3.61. The highest BCUT2D eigenvalue weighted by atomic mass is 16.4. The van der Waals surface area contributed by atoms with Crippen molar-refractivity contribution in [3.05, 3.63) is 0 Å². The van der Waals surface area contributed by atoms with E-state index in [1.807, 2.05) is 11.8 Å². The van der Waals surface area contributed by atoms with Gasteiger partial charge in [0.25, 0.3) is 0 Å². The van der Waals surface area contributed by atoms with E-state index < -0.39 is 12.0 Å². The molecule has 5 heteroatoms. The third kappa shape index (κ3) is 4.29. The lowest BCUT2D eigenvalue weighted by atomic mass is 9.94. The van der Waals surface area contributed by atoms with E-state index in [0.29, 0.717) is 12.6 Å². The molecule has 5 nitrogen and oxygen atoms in total. The Morgan fingerprint density at radius 3 is 2.44 bits per heavy atom. The van der Waals surface area contributed by atoms with Crippen molar-refractivity contribution in [2.75, 3.05) is 13.1 Å². The van der Waals surface area contributed by atoms with Crippen LogP contribution >= 0.6 is 0 Å². The summed E-state index contributed by atoms with van der Waals surface area (Å²) in [6, 6.07) is -0.336. The van der Waals surface area contributed by atoms with Gasteiger partial charge in [-0.15, -0.1) is 0 Å². The van der Waals surface area contributed by atoms with Gasteiger partial charge in [-0.05, 0) is 26.7 Å². The number of carboxylic acids is 1. The second kappa shape index (κ2) is 7.36. The first-order valence-corrected chi connectivity index (χ1v) is 6.82. The van der Waals surface area contributed by atoms with Crippen molar-refractivity contribution in [2.24, 2.45) is 0 Å². The molecule has 0 saturated heterocycles. The number of amides is 1. The Morgan fingerprint density at radius 1 is 1.33 bits per heavy atom. The van der Waals surface area contributed by atoms with Crippen molar-refractivity contribution >= 4 is 11.9 Å². The molecule has 0 spiro atoms. The first kappa shape index (κ1) is 15.0. The number of nitrogens with zero attached hydrogens (tertiary/aromatic N) is 1. The molecule has 2 N–H and O–H groups in total. The highest BCUT2D eigenvalue weighted by Gasteiger charge is 2.24. The summed E-state index contributed by atoms with van der Waals surface area (Å²) >= 11 is 0. The molecule has 0 aromatic rings. The molecule has 0 unspecified atom stereocenters. The predicted molar refractivity (Wildman–Crippen MR) is 69.4 cm³/mol. The number of carbonyl (C=O) groups is 2. The SMILES string of the molecule is CCN(C(=O)CN[C@@H](C)C(=O)O)C1CCCCC1. The van der Waals surface area contributed by atoms with Crippen LogP contribution in [0, 0.1) is 0 Å². The molecule has 0 radical (unpaired) electrons. The zero-order valence-corrected chi connectivity index (χ0v) is 11.3. The number of rotatable bonds is 6. The van der Waals surface area contributed by atoms with Crippen LogP contribution in [0.3, 0.4) is 0 Å². The van der Waals surface area contributed by atoms with Crippen molar-refractivity contribution in [1.29, 1.82) is 0 Å². The fourth-order valence-corrected chi connectivity index (χ4v) is 2.46. The number of hydrogen-bond acceptors (Lipinski definition) is 3. The van der Waals surface area contributed by atoms with Gasteiger partial charge < -0.3 is 10.0 Å². The summed E-state index contributed by atoms with van der Waals surface area (Å²) in [5.74, 6) is -0.916. The quantitative estimate of drug-likeness (QED) is 0.750. The smallest absolute Gasteiger partial charge is 0.320 e. The van der Waals surface area contributed by atoms with Crippen molar-refractivity contribution < 1.29 is 14.7 Å². The van der Waals surface area contributed by atoms with Crippen LogP contribution in [0.15, 0.2) is 0 Å². The monoisotopic (exact) mass is 256 g/mol. The molecule has 0 aromatic carbocycles. The van der Waals surface area contributed by atoms with Crippen LogP contribution in [0.1, 0.15) is 46.0 Å². The molecule has 0 bridgehead atoms. The second-order valence-corrected chi connectivity index (χ2v) is 4.91. The van der Waals surface area contributed by atoms with E-state index in [1.54, 1.807) is 6.92 Å². The van der Waals surface area contributed by atoms with Gasteiger partial charge in [-0.2, -0.15) is 0 Å². The molecule has 104 valence electrons. The molecule has 0 aromatic heterocycles. The minimum atomic E-state index is -0.927. The molecule has 1 fully saturated rings. The minimum absolute atomic E-state index is 0.0116. The molecule has 0 aliphatic heterocycles. The molecule has 1 atom stereocenters. The first-order valence-electron chi connectivity index (χ1n) is 6.82. The first-order chi connectivity index (χ1) is 8.56. The fraction of sp³-hybridized carbons (Fsp3) is 0.846. The molecular weight excluding hydrogens is 232 g/mol. The topological polar surface area (TPSA) is 69.6 Å². The number of carbonyl (C=O) groups excluding carboxylic acids is 1. The predicted octanol–water partition coefficient (Wildman–Crippen LogP) is 1.23. The van der Waals surface area contributed by atoms with Crippen LogP contribution in [0.25, 0.3) is 0 Å². The van der Waals surface area contributed by atoms with Gasteiger partial charge >= 0.3 is 5.97 Å². The van der Waals surface area contributed by atoms with Crippen LogP contribution in [0.4, 0.5) is 0 Å². The maximum absolute atomic E-state index is 12.1. The Kier molecular flexibility index (Phi) is 6.12. The molecule has 0 heterocycles. The maximum Gasteiger partial charge on any atom is 0.320 e. The van der Waals surface area contributed by atoms with Gasteiger partial charge in [-0.3, -0.25) is 14.9 Å². The van der Waals surface area contributed by atoms with E-state index in [9.17, 15) is 9.59 Å². The van der Waals surface area contributed by atoms with E-state index in [-0.39, 0.29) is 12.5 Å². The standard InChI is InChI=1S/C13H24N2O3/c1-3-15(11-7-5-4-6-8-11)12(16)9-14-10(2)13(17)18/h10-11,14H,3-9H2,1-2H3,(H,17,18)/t10-/m0/s1. The van der Waals surface area contributed by atoms with Gasteiger partial charge in [0.1, 0.15) is 6.04 Å². The van der Waals surface area contributed by atoms with E-state index in [2.05, 4.69) is 5.32 Å². The second-order valence-electron chi connectivity index (χ2n) is 4.91. The Labute approximate surface area is 109 Å². The molecule has 18 heavy (non-hydrogen) atoms. The van der Waals surface area contributed by atoms with E-state index in [0.717, 1.165) is 12.8 Å². The molecule has 1 aliphatic carbocycles. The van der Waals surface area contributed by atoms with Crippen LogP contribution in [-0.2, 0) is 9.59 Å². The summed E-state index contributed by atoms with van der Waals surface area (Å²) in [7, 11) is 0. The Balaban J connectivity index is 2.43. The number of likely N-dealkylation sites (N-methyl/N-ethyl adjacent to an activating group) is 1. The zero-order chi connectivity index (χ0) is 13.5. The van der Waals surface area contributed by atoms with E-state index in [1.165, 1.54) is 19.3 Å². The van der Waals surface area contributed by atoms with Gasteiger partial charge in [0.15, 0.2) is 0 Å². The Hall–Kier alpha value is -1.10. The highest BCUT2D eigenvalue weighted by molar-refractivity contribution is 5.80. The lowest BCUT2D eigenvalue weighted by Gasteiger charge is -2.33. The van der Waals surface area contributed by atoms with E-state index >= 15 is 0 Å². The summed E-state index contributed by atoms with van der Waals surface area (Å²) in [5, 5.41) is 11.5. The molecule has 1 aliphatic rings. The molecule has 1 saturated carbocycles. The minimum Gasteiger partial charge on any atom is -0.480 e. The van der Waals surface area contributed by atoms with Crippen molar-refractivity contribution in [1.82, 2.24) is 10.2 Å². The van der Waals surface area contributed by atoms with Crippen molar-refractivity contribution in [2.45, 2.75) is 58.0 Å². The lowest BCUT2D eigenvalue weighted by molar-refractivity contribution is -0.139. The summed E-state index contributed by atoms with van der Waals surface area (Å²) in [5.41, 5.74) is 0. The molecule has 1 rings (SSSR count). The zero-order valence-electron chi connectivity index (χ0n) is 11.3. The van der Waals surface area contributed by atoms with Gasteiger partial charge in [0, 0.05) is 12.6 Å². The summed E-state index contributed by atoms with van der Waals surface area (Å²) in [6.07, 6.45) is 5.79. The highest BCUT2D eigenvalue weighted by Crippen LogP contribution is 2.22. The van der Waals surface area contributed by atoms with Crippen LogP contribution in [0.2, 0.25) is 0 Å². The van der Waals surface area contributed by atoms with Crippen molar-refractivity contribution in [3.8, 4) is 0 Å². The number of nitrogens with one attached hydrogen (secondary N) is 1. The fourth-order valence-electron chi connectivity index (χ4n) is 2.46. The van der Waals surface area contributed by atoms with Crippen molar-refractivity contribution in [3.63, 3.8) is 0 Å². The number of carboxylic acid groups (broad SMARTS) is 1. The molecule has 1 amide bonds. The number of hydrogen-bond donors (Lipinski definition) is 2. The maximum atomic E-state index is 12.1. The van der Waals surface area contributed by atoms with E-state index in [4.69, 9.17) is 5.11 Å². The van der Waals surface area contributed by atoms with Crippen LogP contribution in [-0.4, -0.2) is 47.1 Å². The van der Waals surface area contributed by atoms with Gasteiger partial charge in [-0.25, -0.2) is 0 Å². The van der Waals surface area contributed by atoms with Crippen LogP contribution < -0.4 is 5.32 Å². The average molecular weight is 256 g/mol. The summed E-state index contributed by atoms with van der Waals surface area (Å²) in [4.78, 5) is 24.6. The summed E-state index contributed by atoms with van der Waals surface area (Å²) in [6.45, 7) is 4.34. The molecular formula is C13H24N2O3. The Bertz CT molecular complexity index is 288. The number of aliphatic carboxylic acids is 1. The van der Waals surface area contributed by atoms with Gasteiger partial charge in [0.05, 0.1) is 6.54 Å².